The highest BCUT2D eigenvalue weighted by Crippen LogP contribution is 2.22. The van der Waals surface area contributed by atoms with Crippen LogP contribution in [-0.2, 0) is 4.79 Å². The van der Waals surface area contributed by atoms with E-state index in [1.807, 2.05) is 19.1 Å². The van der Waals surface area contributed by atoms with E-state index in [0.29, 0.717) is 5.69 Å². The van der Waals surface area contributed by atoms with E-state index in [9.17, 15) is 4.79 Å². The maximum Gasteiger partial charge on any atom is 0.236 e. The van der Waals surface area contributed by atoms with Gasteiger partial charge in [-0.25, -0.2) is 0 Å². The van der Waals surface area contributed by atoms with E-state index < -0.39 is 5.41 Å². The zero-order valence-electron chi connectivity index (χ0n) is 12.4. The molecule has 0 radical (unpaired) electrons. The van der Waals surface area contributed by atoms with Crippen molar-refractivity contribution >= 4 is 28.8 Å². The van der Waals surface area contributed by atoms with Gasteiger partial charge in [-0.1, -0.05) is 25.2 Å². The van der Waals surface area contributed by atoms with Crippen molar-refractivity contribution in [3.8, 4) is 5.75 Å². The molecule has 1 atom stereocenters. The Hall–Kier alpha value is -1.62. The first-order valence-corrected chi connectivity index (χ1v) is 7.06. The Bertz CT molecular complexity index is 500. The number of hydrogen-bond donors (Lipinski definition) is 2. The summed E-state index contributed by atoms with van der Waals surface area (Å²) >= 11 is 4.91. The summed E-state index contributed by atoms with van der Waals surface area (Å²) in [5.74, 6) is 0.496. The monoisotopic (exact) mass is 294 g/mol. The molecule has 0 spiro atoms. The van der Waals surface area contributed by atoms with E-state index in [4.69, 9.17) is 22.7 Å². The number of benzene rings is 1. The molecule has 0 fully saturated rings. The second kappa shape index (κ2) is 6.70. The van der Waals surface area contributed by atoms with Crippen LogP contribution in [0.15, 0.2) is 24.3 Å². The molecule has 20 heavy (non-hydrogen) atoms. The summed E-state index contributed by atoms with van der Waals surface area (Å²) in [5, 5.41) is 2.81. The smallest absolute Gasteiger partial charge is 0.236 e. The molecule has 1 aromatic carbocycles. The number of rotatable bonds is 6. The molecule has 0 saturated heterocycles. The molecule has 1 unspecified atom stereocenters. The van der Waals surface area contributed by atoms with Gasteiger partial charge in [0.15, 0.2) is 0 Å². The van der Waals surface area contributed by atoms with E-state index in [1.165, 1.54) is 0 Å². The van der Waals surface area contributed by atoms with Crippen LogP contribution in [0.25, 0.3) is 0 Å². The molecule has 1 amide bonds. The van der Waals surface area contributed by atoms with Gasteiger partial charge >= 0.3 is 0 Å². The highest BCUT2D eigenvalue weighted by molar-refractivity contribution is 7.80. The Balaban J connectivity index is 2.81. The summed E-state index contributed by atoms with van der Waals surface area (Å²) in [6, 6.07) is 7.29. The third-order valence-electron chi connectivity index (χ3n) is 3.19. The van der Waals surface area contributed by atoms with Crippen LogP contribution in [0.2, 0.25) is 0 Å². The van der Waals surface area contributed by atoms with Crippen LogP contribution in [0.5, 0.6) is 5.75 Å². The lowest BCUT2D eigenvalue weighted by Gasteiger charge is -2.22. The Morgan fingerprint density at radius 1 is 1.50 bits per heavy atom. The molecule has 0 aliphatic rings. The zero-order chi connectivity index (χ0) is 15.3. The van der Waals surface area contributed by atoms with Crippen LogP contribution in [-0.4, -0.2) is 17.0 Å². The summed E-state index contributed by atoms with van der Waals surface area (Å²) in [6.45, 7) is 7.45. The predicted octanol–water partition coefficient (Wildman–Crippen LogP) is 3.11. The number of ether oxygens (including phenoxy) is 1. The molecule has 0 saturated carbocycles. The van der Waals surface area contributed by atoms with Gasteiger partial charge in [-0.3, -0.25) is 4.79 Å². The van der Waals surface area contributed by atoms with Gasteiger partial charge < -0.3 is 15.8 Å². The number of carbonyl (C=O) groups is 1. The molecule has 1 aromatic rings. The lowest BCUT2D eigenvalue weighted by molar-refractivity contribution is -0.121. The number of carbonyl (C=O) groups excluding carboxylic acids is 1. The molecule has 1 rings (SSSR count). The average molecular weight is 294 g/mol. The number of anilines is 1. The Morgan fingerprint density at radius 3 is 2.70 bits per heavy atom. The summed E-state index contributed by atoms with van der Waals surface area (Å²) in [6.07, 6.45) is 1.06. The first-order chi connectivity index (χ1) is 9.27. The van der Waals surface area contributed by atoms with Crippen molar-refractivity contribution in [3.05, 3.63) is 24.3 Å². The SMILES string of the molecule is CCC(C)Oc1cccc(NC(=O)C(C)(C)C(N)=S)c1. The predicted molar refractivity (Wildman–Crippen MR) is 86.0 cm³/mol. The molecule has 3 N–H and O–H groups in total. The fraction of sp³-hybridized carbons (Fsp3) is 0.467. The van der Waals surface area contributed by atoms with Crippen LogP contribution in [0, 0.1) is 5.41 Å². The van der Waals surface area contributed by atoms with Crippen molar-refractivity contribution in [3.63, 3.8) is 0 Å². The molecule has 0 aliphatic heterocycles. The van der Waals surface area contributed by atoms with Crippen molar-refractivity contribution in [2.75, 3.05) is 5.32 Å². The largest absolute Gasteiger partial charge is 0.491 e. The van der Waals surface area contributed by atoms with E-state index in [-0.39, 0.29) is 17.0 Å². The highest BCUT2D eigenvalue weighted by atomic mass is 32.1. The fourth-order valence-corrected chi connectivity index (χ4v) is 1.45. The van der Waals surface area contributed by atoms with Crippen molar-refractivity contribution < 1.29 is 9.53 Å². The molecule has 0 aromatic heterocycles. The maximum atomic E-state index is 12.1. The number of amides is 1. The van der Waals surface area contributed by atoms with Crippen molar-refractivity contribution in [1.82, 2.24) is 0 Å². The topological polar surface area (TPSA) is 64.3 Å². The van der Waals surface area contributed by atoms with Gasteiger partial charge in [0, 0.05) is 11.8 Å². The van der Waals surface area contributed by atoms with Gasteiger partial charge in [-0.15, -0.1) is 0 Å². The van der Waals surface area contributed by atoms with Crippen LogP contribution < -0.4 is 15.8 Å². The second-order valence-electron chi connectivity index (χ2n) is 5.31. The summed E-state index contributed by atoms with van der Waals surface area (Å²) in [7, 11) is 0. The average Bonchev–Trinajstić information content (AvgIpc) is 2.38. The second-order valence-corrected chi connectivity index (χ2v) is 5.75. The highest BCUT2D eigenvalue weighted by Gasteiger charge is 2.30. The Morgan fingerprint density at radius 2 is 2.15 bits per heavy atom. The molecule has 0 aliphatic carbocycles. The van der Waals surface area contributed by atoms with Gasteiger partial charge in [-0.05, 0) is 39.3 Å². The minimum Gasteiger partial charge on any atom is -0.491 e. The normalized spacial score (nSPS) is 12.6. The Labute approximate surface area is 125 Å². The summed E-state index contributed by atoms with van der Waals surface area (Å²) in [4.78, 5) is 12.3. The van der Waals surface area contributed by atoms with Crippen molar-refractivity contribution in [2.24, 2.45) is 11.1 Å². The molecule has 5 heteroatoms. The molecular formula is C15H22N2O2S. The number of thiocarbonyl (C=S) groups is 1. The van der Waals surface area contributed by atoms with Crippen LogP contribution >= 0.6 is 12.2 Å². The standard InChI is InChI=1S/C15H22N2O2S/c1-5-10(2)19-12-8-6-7-11(9-12)17-14(18)15(3,4)13(16)20/h6-10H,5H2,1-4H3,(H2,16,20)(H,17,18). The first kappa shape index (κ1) is 16.4. The minimum absolute atomic E-state index is 0.133. The van der Waals surface area contributed by atoms with Crippen LogP contribution in [0.4, 0.5) is 5.69 Å². The number of hydrogen-bond acceptors (Lipinski definition) is 3. The van der Waals surface area contributed by atoms with Crippen LogP contribution in [0.3, 0.4) is 0 Å². The Kier molecular flexibility index (Phi) is 5.51. The van der Waals surface area contributed by atoms with Crippen LogP contribution in [0.1, 0.15) is 34.1 Å². The third-order valence-corrected chi connectivity index (χ3v) is 3.70. The van der Waals surface area contributed by atoms with Gasteiger partial charge in [0.25, 0.3) is 0 Å². The minimum atomic E-state index is -0.886. The fourth-order valence-electron chi connectivity index (χ4n) is 1.36. The molecule has 0 heterocycles. The van der Waals surface area contributed by atoms with E-state index in [0.717, 1.165) is 12.2 Å². The van der Waals surface area contributed by atoms with E-state index >= 15 is 0 Å². The lowest BCUT2D eigenvalue weighted by Crippen LogP contribution is -2.41. The van der Waals surface area contributed by atoms with Gasteiger partial charge in [0.1, 0.15) is 5.75 Å². The summed E-state index contributed by atoms with van der Waals surface area (Å²) < 4.78 is 5.72. The van der Waals surface area contributed by atoms with E-state index in [1.54, 1.807) is 26.0 Å². The van der Waals surface area contributed by atoms with Gasteiger partial charge in [-0.2, -0.15) is 0 Å². The van der Waals surface area contributed by atoms with E-state index in [2.05, 4.69) is 12.2 Å². The molecular weight excluding hydrogens is 272 g/mol. The molecule has 4 nitrogen and oxygen atoms in total. The quantitative estimate of drug-likeness (QED) is 0.791. The molecule has 0 bridgehead atoms. The number of nitrogens with two attached hydrogens (primary N) is 1. The zero-order valence-corrected chi connectivity index (χ0v) is 13.2. The van der Waals surface area contributed by atoms with Crippen molar-refractivity contribution in [1.29, 1.82) is 0 Å². The molecule has 110 valence electrons. The first-order valence-electron chi connectivity index (χ1n) is 6.65. The lowest BCUT2D eigenvalue weighted by atomic mass is 9.92. The summed E-state index contributed by atoms with van der Waals surface area (Å²) in [5.41, 5.74) is 5.37. The van der Waals surface area contributed by atoms with Crippen molar-refractivity contribution in [2.45, 2.75) is 40.2 Å². The maximum absolute atomic E-state index is 12.1. The van der Waals surface area contributed by atoms with Gasteiger partial charge in [0.2, 0.25) is 5.91 Å². The van der Waals surface area contributed by atoms with Gasteiger partial charge in [0.05, 0.1) is 16.5 Å². The number of nitrogens with one attached hydrogen (secondary N) is 1. The third kappa shape index (κ3) is 4.20.